The summed E-state index contributed by atoms with van der Waals surface area (Å²) < 4.78 is 0. The van der Waals surface area contributed by atoms with E-state index in [2.05, 4.69) is 58.0 Å². The predicted molar refractivity (Wildman–Crippen MR) is 112 cm³/mol. The molecular formula is C25H28O3. The maximum Gasteiger partial charge on any atom is 0.335 e. The molecular weight excluding hydrogens is 348 g/mol. The molecule has 2 unspecified atom stereocenters. The van der Waals surface area contributed by atoms with E-state index in [-0.39, 0.29) is 10.8 Å². The Balaban J connectivity index is 0.000000211. The lowest BCUT2D eigenvalue weighted by Crippen LogP contribution is -2.32. The van der Waals surface area contributed by atoms with Gasteiger partial charge in [-0.2, -0.15) is 0 Å². The van der Waals surface area contributed by atoms with Crippen LogP contribution in [-0.4, -0.2) is 16.9 Å². The molecule has 2 aromatic rings. The van der Waals surface area contributed by atoms with Crippen LogP contribution < -0.4 is 0 Å². The summed E-state index contributed by atoms with van der Waals surface area (Å²) in [6, 6.07) is 16.7. The van der Waals surface area contributed by atoms with Crippen LogP contribution in [0.15, 0.2) is 60.2 Å². The summed E-state index contributed by atoms with van der Waals surface area (Å²) in [6.07, 6.45) is 4.33. The standard InChI is InChI=1S/C18H22O.C7H6O2/c1-12-5-7-13(8-6-12)11-14-15-9-10-18(4,16(14)19)17(15,2)3;8-7(9)6-4-2-1-3-5-6/h5-8,11,15H,9-10H2,1-4H3;1-5H,(H,8,9). The van der Waals surface area contributed by atoms with Gasteiger partial charge in [0.2, 0.25) is 0 Å². The first kappa shape index (κ1) is 20.1. The second-order valence-corrected chi connectivity index (χ2v) is 8.66. The maximum absolute atomic E-state index is 12.7. The number of fused-ring (bicyclic) bond motifs is 2. The first-order chi connectivity index (χ1) is 13.2. The SMILES string of the molecule is Cc1ccc(C=C2C(=O)C3(C)CCC2C3(C)C)cc1.O=C(O)c1ccccc1. The second-order valence-electron chi connectivity index (χ2n) is 8.66. The van der Waals surface area contributed by atoms with Crippen molar-refractivity contribution in [2.75, 3.05) is 0 Å². The Morgan fingerprint density at radius 1 is 1.04 bits per heavy atom. The number of ketones is 1. The first-order valence-corrected chi connectivity index (χ1v) is 9.78. The Hall–Kier alpha value is -2.68. The van der Waals surface area contributed by atoms with Gasteiger partial charge in [-0.25, -0.2) is 4.79 Å². The molecule has 146 valence electrons. The van der Waals surface area contributed by atoms with E-state index in [4.69, 9.17) is 5.11 Å². The lowest BCUT2D eigenvalue weighted by molar-refractivity contribution is -0.125. The van der Waals surface area contributed by atoms with Crippen LogP contribution in [0.1, 0.15) is 55.1 Å². The highest BCUT2D eigenvalue weighted by atomic mass is 16.4. The van der Waals surface area contributed by atoms with Crippen LogP contribution in [0.4, 0.5) is 0 Å². The maximum atomic E-state index is 12.7. The highest BCUT2D eigenvalue weighted by Crippen LogP contribution is 2.65. The molecule has 0 saturated heterocycles. The molecule has 28 heavy (non-hydrogen) atoms. The zero-order valence-electron chi connectivity index (χ0n) is 17.0. The van der Waals surface area contributed by atoms with Gasteiger partial charge in [0.1, 0.15) is 0 Å². The molecule has 3 heteroatoms. The largest absolute Gasteiger partial charge is 0.478 e. The zero-order chi connectivity index (χ0) is 20.5. The van der Waals surface area contributed by atoms with E-state index in [9.17, 15) is 9.59 Å². The van der Waals surface area contributed by atoms with Crippen molar-refractivity contribution >= 4 is 17.8 Å². The van der Waals surface area contributed by atoms with Crippen molar-refractivity contribution in [2.45, 2.75) is 40.5 Å². The molecule has 2 fully saturated rings. The predicted octanol–water partition coefficient (Wildman–Crippen LogP) is 5.79. The van der Waals surface area contributed by atoms with Crippen molar-refractivity contribution in [3.63, 3.8) is 0 Å². The van der Waals surface area contributed by atoms with Gasteiger partial charge in [0.15, 0.2) is 5.78 Å². The summed E-state index contributed by atoms with van der Waals surface area (Å²) >= 11 is 0. The lowest BCUT2D eigenvalue weighted by Gasteiger charge is -2.31. The Labute approximate surface area is 167 Å². The Kier molecular flexibility index (Phi) is 5.29. The molecule has 3 nitrogen and oxygen atoms in total. The molecule has 0 radical (unpaired) electrons. The number of Topliss-reactive ketones (excluding diaryl/α,β-unsaturated/α-hetero) is 1. The van der Waals surface area contributed by atoms with Crippen molar-refractivity contribution in [1.82, 2.24) is 0 Å². The van der Waals surface area contributed by atoms with Crippen molar-refractivity contribution in [3.05, 3.63) is 76.9 Å². The fourth-order valence-electron chi connectivity index (χ4n) is 4.52. The first-order valence-electron chi connectivity index (χ1n) is 9.78. The summed E-state index contributed by atoms with van der Waals surface area (Å²) in [5, 5.41) is 8.38. The highest BCUT2D eigenvalue weighted by Gasteiger charge is 2.63. The van der Waals surface area contributed by atoms with Gasteiger partial charge in [0.25, 0.3) is 0 Å². The van der Waals surface area contributed by atoms with Crippen LogP contribution >= 0.6 is 0 Å². The molecule has 0 aliphatic heterocycles. The van der Waals surface area contributed by atoms with Gasteiger partial charge in [-0.05, 0) is 60.4 Å². The fraction of sp³-hybridized carbons (Fsp3) is 0.360. The molecule has 2 atom stereocenters. The number of aryl methyl sites for hydroxylation is 1. The molecule has 2 saturated carbocycles. The van der Waals surface area contributed by atoms with Crippen molar-refractivity contribution in [3.8, 4) is 0 Å². The van der Waals surface area contributed by atoms with Gasteiger partial charge in [0.05, 0.1) is 5.56 Å². The summed E-state index contributed by atoms with van der Waals surface area (Å²) in [5.74, 6) is -0.0590. The number of hydrogen-bond acceptors (Lipinski definition) is 2. The van der Waals surface area contributed by atoms with Crippen LogP contribution in [0, 0.1) is 23.7 Å². The summed E-state index contributed by atoms with van der Waals surface area (Å²) in [4.78, 5) is 22.9. The average Bonchev–Trinajstić information content (AvgIpc) is 2.98. The van der Waals surface area contributed by atoms with Gasteiger partial charge in [-0.15, -0.1) is 0 Å². The number of carbonyl (C=O) groups excluding carboxylic acids is 1. The number of rotatable bonds is 2. The Bertz CT molecular complexity index is 907. The molecule has 0 spiro atoms. The minimum absolute atomic E-state index is 0.112. The lowest BCUT2D eigenvalue weighted by atomic mass is 9.70. The van der Waals surface area contributed by atoms with E-state index in [0.717, 1.165) is 24.0 Å². The molecule has 2 aliphatic rings. The summed E-state index contributed by atoms with van der Waals surface area (Å²) in [7, 11) is 0. The number of benzene rings is 2. The summed E-state index contributed by atoms with van der Waals surface area (Å²) in [6.45, 7) is 8.77. The van der Waals surface area contributed by atoms with E-state index in [1.54, 1.807) is 30.3 Å². The summed E-state index contributed by atoms with van der Waals surface area (Å²) in [5.41, 5.74) is 3.77. The molecule has 2 bridgehead atoms. The van der Waals surface area contributed by atoms with Gasteiger partial charge >= 0.3 is 5.97 Å². The quantitative estimate of drug-likeness (QED) is 0.675. The molecule has 0 aromatic heterocycles. The Morgan fingerprint density at radius 3 is 2.11 bits per heavy atom. The van der Waals surface area contributed by atoms with Gasteiger partial charge in [-0.1, -0.05) is 68.8 Å². The normalized spacial score (nSPS) is 26.1. The molecule has 2 aromatic carbocycles. The number of carboxylic acid groups (broad SMARTS) is 1. The van der Waals surface area contributed by atoms with E-state index >= 15 is 0 Å². The number of aromatic carboxylic acids is 1. The van der Waals surface area contributed by atoms with Crippen LogP contribution in [0.2, 0.25) is 0 Å². The van der Waals surface area contributed by atoms with E-state index in [1.165, 1.54) is 5.56 Å². The van der Waals surface area contributed by atoms with E-state index < -0.39 is 5.97 Å². The third-order valence-corrected chi connectivity index (χ3v) is 6.79. The molecule has 1 N–H and O–H groups in total. The third-order valence-electron chi connectivity index (χ3n) is 6.79. The number of hydrogen-bond donors (Lipinski definition) is 1. The van der Waals surface area contributed by atoms with Gasteiger partial charge < -0.3 is 5.11 Å². The zero-order valence-corrected chi connectivity index (χ0v) is 17.0. The third kappa shape index (κ3) is 3.42. The minimum Gasteiger partial charge on any atom is -0.478 e. The van der Waals surface area contributed by atoms with E-state index in [0.29, 0.717) is 17.3 Å². The fourth-order valence-corrected chi connectivity index (χ4v) is 4.52. The smallest absolute Gasteiger partial charge is 0.335 e. The minimum atomic E-state index is -0.879. The molecule has 2 aliphatic carbocycles. The monoisotopic (exact) mass is 376 g/mol. The van der Waals surface area contributed by atoms with Gasteiger partial charge in [-0.3, -0.25) is 4.79 Å². The van der Waals surface area contributed by atoms with Crippen LogP contribution in [0.25, 0.3) is 6.08 Å². The number of carboxylic acids is 1. The number of allylic oxidation sites excluding steroid dienone is 1. The number of carbonyl (C=O) groups is 2. The van der Waals surface area contributed by atoms with Crippen molar-refractivity contribution in [2.24, 2.45) is 16.7 Å². The van der Waals surface area contributed by atoms with Crippen molar-refractivity contribution < 1.29 is 14.7 Å². The second kappa shape index (κ2) is 7.38. The molecule has 4 rings (SSSR count). The van der Waals surface area contributed by atoms with Crippen LogP contribution in [0.5, 0.6) is 0 Å². The van der Waals surface area contributed by atoms with Crippen LogP contribution in [0.3, 0.4) is 0 Å². The highest BCUT2D eigenvalue weighted by molar-refractivity contribution is 6.07. The molecule has 0 amide bonds. The van der Waals surface area contributed by atoms with Gasteiger partial charge in [0, 0.05) is 5.41 Å². The topological polar surface area (TPSA) is 54.4 Å². The Morgan fingerprint density at radius 2 is 1.64 bits per heavy atom. The van der Waals surface area contributed by atoms with Crippen molar-refractivity contribution in [1.29, 1.82) is 0 Å². The average molecular weight is 376 g/mol. The molecule has 0 heterocycles. The van der Waals surface area contributed by atoms with E-state index in [1.807, 2.05) is 0 Å². The van der Waals surface area contributed by atoms with Crippen LogP contribution in [-0.2, 0) is 4.79 Å².